The third-order valence-corrected chi connectivity index (χ3v) is 7.93. The van der Waals surface area contributed by atoms with Gasteiger partial charge in [0.05, 0.1) is 16.8 Å². The lowest BCUT2D eigenvalue weighted by Crippen LogP contribution is -2.50. The number of hydrogen-bond donors (Lipinski definition) is 1. The summed E-state index contributed by atoms with van der Waals surface area (Å²) in [6, 6.07) is 19.0. The number of nitrogens with zero attached hydrogens (tertiary/aromatic N) is 1. The molecule has 1 N–H and O–H groups in total. The molecule has 0 aliphatic carbocycles. The Morgan fingerprint density at radius 2 is 1.61 bits per heavy atom. The zero-order valence-corrected chi connectivity index (χ0v) is 24.1. The molecule has 4 rings (SSSR count). The third kappa shape index (κ3) is 6.02. The van der Waals surface area contributed by atoms with Crippen LogP contribution >= 0.6 is 22.9 Å². The van der Waals surface area contributed by atoms with Gasteiger partial charge in [-0.3, -0.25) is 14.4 Å². The fraction of sp³-hybridized carbons (Fsp3) is 0.387. The van der Waals surface area contributed by atoms with Gasteiger partial charge in [0, 0.05) is 23.4 Å². The first-order valence-electron chi connectivity index (χ1n) is 13.0. The van der Waals surface area contributed by atoms with Crippen molar-refractivity contribution in [2.75, 3.05) is 0 Å². The lowest BCUT2D eigenvalue weighted by molar-refractivity contribution is -0.142. The number of halogens is 1. The summed E-state index contributed by atoms with van der Waals surface area (Å²) in [6.07, 6.45) is 0.245. The summed E-state index contributed by atoms with van der Waals surface area (Å²) in [6.45, 7) is 9.81. The maximum absolute atomic E-state index is 14.3. The molecule has 4 atom stereocenters. The molecule has 1 saturated heterocycles. The number of rotatable bonds is 7. The molecule has 0 radical (unpaired) electrons. The minimum absolute atomic E-state index is 0.0674. The van der Waals surface area contributed by atoms with Crippen molar-refractivity contribution in [3.8, 4) is 0 Å². The SMILES string of the molecule is CC(C)NC(=O)C1C(c2ccc(Cl)cc2)C(C(=O)c2cccs2)C(c2ccccc2)N1C(=O)CC(C)(C)C. The minimum atomic E-state index is -0.868. The summed E-state index contributed by atoms with van der Waals surface area (Å²) in [7, 11) is 0. The van der Waals surface area contributed by atoms with E-state index in [1.165, 1.54) is 11.3 Å². The Bertz CT molecular complexity index is 1270. The predicted octanol–water partition coefficient (Wildman–Crippen LogP) is 6.90. The fourth-order valence-corrected chi connectivity index (χ4v) is 6.25. The van der Waals surface area contributed by atoms with Crippen molar-refractivity contribution in [2.45, 2.75) is 65.1 Å². The van der Waals surface area contributed by atoms with Crippen LogP contribution in [-0.4, -0.2) is 34.6 Å². The van der Waals surface area contributed by atoms with Gasteiger partial charge in [0.1, 0.15) is 6.04 Å². The van der Waals surface area contributed by atoms with Gasteiger partial charge in [0.25, 0.3) is 0 Å². The Labute approximate surface area is 234 Å². The maximum atomic E-state index is 14.3. The van der Waals surface area contributed by atoms with Gasteiger partial charge in [-0.25, -0.2) is 0 Å². The van der Waals surface area contributed by atoms with E-state index in [-0.39, 0.29) is 35.5 Å². The van der Waals surface area contributed by atoms with Crippen LogP contribution in [0.2, 0.25) is 5.02 Å². The van der Waals surface area contributed by atoms with E-state index >= 15 is 0 Å². The van der Waals surface area contributed by atoms with E-state index < -0.39 is 23.9 Å². The normalized spacial score (nSPS) is 21.5. The highest BCUT2D eigenvalue weighted by atomic mass is 35.5. The molecule has 1 aromatic heterocycles. The molecule has 0 bridgehead atoms. The van der Waals surface area contributed by atoms with Crippen LogP contribution in [-0.2, 0) is 9.59 Å². The maximum Gasteiger partial charge on any atom is 0.243 e. The Balaban J connectivity index is 1.99. The lowest BCUT2D eigenvalue weighted by Gasteiger charge is -2.34. The van der Waals surface area contributed by atoms with E-state index in [4.69, 9.17) is 11.6 Å². The van der Waals surface area contributed by atoms with Crippen molar-refractivity contribution in [3.05, 3.63) is 93.1 Å². The monoisotopic (exact) mass is 550 g/mol. The second kappa shape index (κ2) is 11.4. The van der Waals surface area contributed by atoms with Gasteiger partial charge in [-0.1, -0.05) is 80.9 Å². The number of likely N-dealkylation sites (tertiary alicyclic amines) is 1. The molecule has 0 spiro atoms. The van der Waals surface area contributed by atoms with Gasteiger partial charge in [0.15, 0.2) is 5.78 Å². The number of carbonyl (C=O) groups excluding carboxylic acids is 3. The smallest absolute Gasteiger partial charge is 0.243 e. The van der Waals surface area contributed by atoms with Crippen LogP contribution in [0.15, 0.2) is 72.1 Å². The summed E-state index contributed by atoms with van der Waals surface area (Å²) in [5.41, 5.74) is 1.34. The van der Waals surface area contributed by atoms with E-state index in [1.807, 2.05) is 94.6 Å². The highest BCUT2D eigenvalue weighted by Gasteiger charge is 2.57. The van der Waals surface area contributed by atoms with Crippen molar-refractivity contribution in [1.29, 1.82) is 0 Å². The summed E-state index contributed by atoms with van der Waals surface area (Å²) < 4.78 is 0. The predicted molar refractivity (Wildman–Crippen MR) is 154 cm³/mol. The van der Waals surface area contributed by atoms with Crippen LogP contribution < -0.4 is 5.32 Å². The van der Waals surface area contributed by atoms with Crippen molar-refractivity contribution in [1.82, 2.24) is 10.2 Å². The molecule has 38 heavy (non-hydrogen) atoms. The van der Waals surface area contributed by atoms with E-state index in [0.717, 1.165) is 11.1 Å². The highest BCUT2D eigenvalue weighted by molar-refractivity contribution is 7.12. The van der Waals surface area contributed by atoms with E-state index in [9.17, 15) is 14.4 Å². The Kier molecular flexibility index (Phi) is 8.43. The molecule has 3 aromatic rings. The second-order valence-electron chi connectivity index (χ2n) is 11.4. The van der Waals surface area contributed by atoms with Crippen molar-refractivity contribution in [2.24, 2.45) is 11.3 Å². The number of benzene rings is 2. The van der Waals surface area contributed by atoms with Gasteiger partial charge in [-0.2, -0.15) is 0 Å². The molecule has 1 aliphatic rings. The standard InChI is InChI=1S/C31H35ClN2O3S/c1-19(2)33-30(37)28-25(20-13-15-22(32)16-14-20)26(29(36)23-12-9-17-38-23)27(21-10-7-6-8-11-21)34(28)24(35)18-31(3,4)5/h6-17,19,25-28H,18H2,1-5H3,(H,33,37). The summed E-state index contributed by atoms with van der Waals surface area (Å²) in [5, 5.41) is 5.49. The van der Waals surface area contributed by atoms with E-state index in [2.05, 4.69) is 5.32 Å². The summed E-state index contributed by atoms with van der Waals surface area (Å²) in [5.74, 6) is -1.69. The van der Waals surface area contributed by atoms with Gasteiger partial charge in [-0.05, 0) is 54.0 Å². The Morgan fingerprint density at radius 3 is 2.16 bits per heavy atom. The van der Waals surface area contributed by atoms with E-state index in [0.29, 0.717) is 9.90 Å². The molecule has 4 unspecified atom stereocenters. The number of ketones is 1. The van der Waals surface area contributed by atoms with Crippen molar-refractivity contribution in [3.63, 3.8) is 0 Å². The number of hydrogen-bond acceptors (Lipinski definition) is 4. The topological polar surface area (TPSA) is 66.5 Å². The average molecular weight is 551 g/mol. The third-order valence-electron chi connectivity index (χ3n) is 6.80. The molecule has 2 heterocycles. The molecule has 7 heteroatoms. The molecule has 1 aliphatic heterocycles. The summed E-state index contributed by atoms with van der Waals surface area (Å²) >= 11 is 7.61. The Hall–Kier alpha value is -2.96. The Morgan fingerprint density at radius 1 is 0.947 bits per heavy atom. The second-order valence-corrected chi connectivity index (χ2v) is 12.8. The van der Waals surface area contributed by atoms with Gasteiger partial charge in [0.2, 0.25) is 11.8 Å². The van der Waals surface area contributed by atoms with Crippen molar-refractivity contribution < 1.29 is 14.4 Å². The number of thiophene rings is 1. The molecule has 1 fully saturated rings. The molecule has 5 nitrogen and oxygen atoms in total. The van der Waals surface area contributed by atoms with Crippen LogP contribution in [0, 0.1) is 11.3 Å². The van der Waals surface area contributed by atoms with Crippen LogP contribution in [0.4, 0.5) is 0 Å². The number of carbonyl (C=O) groups is 3. The van der Waals surface area contributed by atoms with Gasteiger partial charge < -0.3 is 10.2 Å². The number of amides is 2. The first-order chi connectivity index (χ1) is 18.0. The zero-order valence-electron chi connectivity index (χ0n) is 22.5. The molecule has 200 valence electrons. The largest absolute Gasteiger partial charge is 0.352 e. The van der Waals surface area contributed by atoms with Crippen LogP contribution in [0.3, 0.4) is 0 Å². The molecular formula is C31H35ClN2O3S. The van der Waals surface area contributed by atoms with Gasteiger partial charge in [-0.15, -0.1) is 11.3 Å². The molecule has 2 aromatic carbocycles. The zero-order chi connectivity index (χ0) is 27.6. The summed E-state index contributed by atoms with van der Waals surface area (Å²) in [4.78, 5) is 44.7. The number of nitrogens with one attached hydrogen (secondary N) is 1. The highest BCUT2D eigenvalue weighted by Crippen LogP contribution is 2.52. The van der Waals surface area contributed by atoms with Crippen molar-refractivity contribution >= 4 is 40.5 Å². The molecular weight excluding hydrogens is 516 g/mol. The van der Waals surface area contributed by atoms with Gasteiger partial charge >= 0.3 is 0 Å². The number of Topliss-reactive ketones (excluding diaryl/α,β-unsaturated/α-hetero) is 1. The quantitative estimate of drug-likeness (QED) is 0.325. The first kappa shape index (κ1) is 28.1. The van der Waals surface area contributed by atoms with Crippen LogP contribution in [0.5, 0.6) is 0 Å². The fourth-order valence-electron chi connectivity index (χ4n) is 5.41. The van der Waals surface area contributed by atoms with Crippen LogP contribution in [0.1, 0.15) is 73.8 Å². The van der Waals surface area contributed by atoms with E-state index in [1.54, 1.807) is 17.0 Å². The molecule has 0 saturated carbocycles. The van der Waals surface area contributed by atoms with Crippen LogP contribution in [0.25, 0.3) is 0 Å². The molecule has 2 amide bonds. The average Bonchev–Trinajstić information content (AvgIpc) is 3.50. The minimum Gasteiger partial charge on any atom is -0.352 e. The lowest BCUT2D eigenvalue weighted by atomic mass is 9.77. The first-order valence-corrected chi connectivity index (χ1v) is 14.2.